The first-order chi connectivity index (χ1) is 10.1. The fourth-order valence-corrected chi connectivity index (χ4v) is 2.41. The number of hydrogen-bond acceptors (Lipinski definition) is 2. The van der Waals surface area contributed by atoms with Gasteiger partial charge < -0.3 is 10.1 Å². The van der Waals surface area contributed by atoms with Crippen LogP contribution in [0.1, 0.15) is 43.5 Å². The Balaban J connectivity index is 1.92. The van der Waals surface area contributed by atoms with Crippen molar-refractivity contribution in [3.63, 3.8) is 0 Å². The first-order valence-electron chi connectivity index (χ1n) is 7.61. The summed E-state index contributed by atoms with van der Waals surface area (Å²) in [5, 5.41) is 3.58. The highest BCUT2D eigenvalue weighted by Gasteiger charge is 2.07. The van der Waals surface area contributed by atoms with Crippen LogP contribution in [0.3, 0.4) is 0 Å². The van der Waals surface area contributed by atoms with Gasteiger partial charge in [0.2, 0.25) is 0 Å². The number of hydrogen-bond donors (Lipinski definition) is 1. The Kier molecular flexibility index (Phi) is 5.40. The molecule has 2 heteroatoms. The molecule has 0 saturated carbocycles. The van der Waals surface area contributed by atoms with E-state index in [1.807, 2.05) is 26.0 Å². The number of rotatable bonds is 6. The van der Waals surface area contributed by atoms with E-state index in [-0.39, 0.29) is 6.10 Å². The quantitative estimate of drug-likeness (QED) is 0.834. The van der Waals surface area contributed by atoms with E-state index in [0.717, 1.165) is 12.3 Å². The van der Waals surface area contributed by atoms with Crippen LogP contribution in [0.4, 0.5) is 0 Å². The molecular weight excluding hydrogens is 258 g/mol. The minimum absolute atomic E-state index is 0.218. The zero-order valence-corrected chi connectivity index (χ0v) is 13.4. The summed E-state index contributed by atoms with van der Waals surface area (Å²) in [7, 11) is 0. The molecule has 2 aromatic rings. The molecular formula is C19H25NO. The van der Waals surface area contributed by atoms with Gasteiger partial charge in [-0.05, 0) is 56.5 Å². The molecule has 1 N–H and O–H groups in total. The molecule has 0 aliphatic carbocycles. The smallest absolute Gasteiger partial charge is 0.119 e. The predicted molar refractivity (Wildman–Crippen MR) is 88.6 cm³/mol. The van der Waals surface area contributed by atoms with Crippen molar-refractivity contribution in [1.82, 2.24) is 5.32 Å². The molecule has 0 heterocycles. The second-order valence-electron chi connectivity index (χ2n) is 5.77. The van der Waals surface area contributed by atoms with Gasteiger partial charge in [0.25, 0.3) is 0 Å². The zero-order valence-electron chi connectivity index (χ0n) is 13.4. The van der Waals surface area contributed by atoms with Crippen molar-refractivity contribution in [1.29, 1.82) is 0 Å². The average Bonchev–Trinajstić information content (AvgIpc) is 2.46. The van der Waals surface area contributed by atoms with Crippen molar-refractivity contribution in [2.45, 2.75) is 46.4 Å². The van der Waals surface area contributed by atoms with E-state index in [1.54, 1.807) is 0 Å². The number of benzene rings is 2. The largest absolute Gasteiger partial charge is 0.491 e. The highest BCUT2D eigenvalue weighted by atomic mass is 16.5. The van der Waals surface area contributed by atoms with Crippen LogP contribution in [-0.2, 0) is 6.54 Å². The maximum atomic E-state index is 5.66. The molecule has 0 spiro atoms. The van der Waals surface area contributed by atoms with Gasteiger partial charge >= 0.3 is 0 Å². The van der Waals surface area contributed by atoms with Crippen LogP contribution < -0.4 is 10.1 Å². The standard InChI is InChI=1S/C19H25NO/c1-14(2)21-18-11-9-17(10-12-18)13-20-16(4)19-8-6-5-7-15(19)3/h5-12,14,16,20H,13H2,1-4H3/t16-/m1/s1. The third-order valence-electron chi connectivity index (χ3n) is 3.56. The number of nitrogens with one attached hydrogen (secondary N) is 1. The molecule has 21 heavy (non-hydrogen) atoms. The molecule has 0 radical (unpaired) electrons. The molecule has 0 amide bonds. The van der Waals surface area contributed by atoms with Gasteiger partial charge in [-0.1, -0.05) is 36.4 Å². The van der Waals surface area contributed by atoms with Crippen LogP contribution in [0, 0.1) is 6.92 Å². The lowest BCUT2D eigenvalue weighted by molar-refractivity contribution is 0.242. The van der Waals surface area contributed by atoms with Gasteiger partial charge in [-0.2, -0.15) is 0 Å². The molecule has 2 rings (SSSR count). The molecule has 0 unspecified atom stereocenters. The molecule has 0 fully saturated rings. The van der Waals surface area contributed by atoms with E-state index in [4.69, 9.17) is 4.74 Å². The Hall–Kier alpha value is -1.80. The summed E-state index contributed by atoms with van der Waals surface area (Å²) < 4.78 is 5.66. The van der Waals surface area contributed by atoms with Gasteiger partial charge in [-0.25, -0.2) is 0 Å². The van der Waals surface area contributed by atoms with Crippen LogP contribution >= 0.6 is 0 Å². The SMILES string of the molecule is Cc1ccccc1[C@@H](C)NCc1ccc(OC(C)C)cc1. The molecule has 0 aromatic heterocycles. The maximum Gasteiger partial charge on any atom is 0.119 e. The summed E-state index contributed by atoms with van der Waals surface area (Å²) in [6, 6.07) is 17.2. The highest BCUT2D eigenvalue weighted by molar-refractivity contribution is 5.29. The van der Waals surface area contributed by atoms with Crippen LogP contribution in [-0.4, -0.2) is 6.10 Å². The summed E-state index contributed by atoms with van der Waals surface area (Å²) >= 11 is 0. The van der Waals surface area contributed by atoms with Crippen molar-refractivity contribution >= 4 is 0 Å². The minimum atomic E-state index is 0.218. The molecule has 0 aliphatic rings. The molecule has 1 atom stereocenters. The Morgan fingerprint density at radius 3 is 2.24 bits per heavy atom. The first-order valence-corrected chi connectivity index (χ1v) is 7.61. The lowest BCUT2D eigenvalue weighted by Crippen LogP contribution is -2.18. The van der Waals surface area contributed by atoms with Crippen LogP contribution in [0.25, 0.3) is 0 Å². The van der Waals surface area contributed by atoms with Crippen LogP contribution in [0.2, 0.25) is 0 Å². The normalized spacial score (nSPS) is 12.4. The second-order valence-corrected chi connectivity index (χ2v) is 5.77. The predicted octanol–water partition coefficient (Wildman–Crippen LogP) is 4.63. The van der Waals surface area contributed by atoms with Gasteiger partial charge in [-0.15, -0.1) is 0 Å². The number of ether oxygens (including phenoxy) is 1. The molecule has 2 aromatic carbocycles. The first kappa shape index (κ1) is 15.6. The van der Waals surface area contributed by atoms with E-state index in [1.165, 1.54) is 16.7 Å². The van der Waals surface area contributed by atoms with E-state index in [2.05, 4.69) is 55.6 Å². The Morgan fingerprint density at radius 2 is 1.62 bits per heavy atom. The van der Waals surface area contributed by atoms with Crippen molar-refractivity contribution in [2.75, 3.05) is 0 Å². The van der Waals surface area contributed by atoms with E-state index >= 15 is 0 Å². The summed E-state index contributed by atoms with van der Waals surface area (Å²) in [5.41, 5.74) is 3.96. The minimum Gasteiger partial charge on any atom is -0.491 e. The van der Waals surface area contributed by atoms with Crippen LogP contribution in [0.5, 0.6) is 5.75 Å². The molecule has 2 nitrogen and oxygen atoms in total. The molecule has 112 valence electrons. The Morgan fingerprint density at radius 1 is 0.952 bits per heavy atom. The lowest BCUT2D eigenvalue weighted by Gasteiger charge is -2.17. The molecule has 0 aliphatic heterocycles. The Bertz CT molecular complexity index is 560. The highest BCUT2D eigenvalue weighted by Crippen LogP contribution is 2.18. The average molecular weight is 283 g/mol. The summed E-state index contributed by atoms with van der Waals surface area (Å²) in [6.07, 6.45) is 0.218. The fourth-order valence-electron chi connectivity index (χ4n) is 2.41. The van der Waals surface area contributed by atoms with Gasteiger partial charge in [-0.3, -0.25) is 0 Å². The Labute approximate surface area is 128 Å². The van der Waals surface area contributed by atoms with E-state index in [9.17, 15) is 0 Å². The zero-order chi connectivity index (χ0) is 15.2. The van der Waals surface area contributed by atoms with Crippen LogP contribution in [0.15, 0.2) is 48.5 Å². The van der Waals surface area contributed by atoms with E-state index < -0.39 is 0 Å². The molecule has 0 saturated heterocycles. The van der Waals surface area contributed by atoms with Crippen molar-refractivity contribution in [2.24, 2.45) is 0 Å². The summed E-state index contributed by atoms with van der Waals surface area (Å²) in [4.78, 5) is 0. The maximum absolute atomic E-state index is 5.66. The third-order valence-corrected chi connectivity index (χ3v) is 3.56. The second kappa shape index (κ2) is 7.28. The summed E-state index contributed by atoms with van der Waals surface area (Å²) in [6.45, 7) is 9.31. The van der Waals surface area contributed by atoms with E-state index in [0.29, 0.717) is 6.04 Å². The van der Waals surface area contributed by atoms with Gasteiger partial charge in [0.15, 0.2) is 0 Å². The monoisotopic (exact) mass is 283 g/mol. The van der Waals surface area contributed by atoms with Crippen molar-refractivity contribution in [3.8, 4) is 5.75 Å². The van der Waals surface area contributed by atoms with Crippen molar-refractivity contribution < 1.29 is 4.74 Å². The van der Waals surface area contributed by atoms with Gasteiger partial charge in [0.05, 0.1) is 6.10 Å². The lowest BCUT2D eigenvalue weighted by atomic mass is 10.0. The third kappa shape index (κ3) is 4.61. The fraction of sp³-hybridized carbons (Fsp3) is 0.368. The van der Waals surface area contributed by atoms with Gasteiger partial charge in [0, 0.05) is 12.6 Å². The molecule has 0 bridgehead atoms. The van der Waals surface area contributed by atoms with Gasteiger partial charge in [0.1, 0.15) is 5.75 Å². The van der Waals surface area contributed by atoms with Crippen molar-refractivity contribution in [3.05, 3.63) is 65.2 Å². The number of aryl methyl sites for hydroxylation is 1. The summed E-state index contributed by atoms with van der Waals surface area (Å²) in [5.74, 6) is 0.931. The topological polar surface area (TPSA) is 21.3 Å².